The van der Waals surface area contributed by atoms with Crippen molar-refractivity contribution in [2.45, 2.75) is 19.3 Å². The van der Waals surface area contributed by atoms with E-state index in [0.717, 1.165) is 5.56 Å². The lowest BCUT2D eigenvalue weighted by Crippen LogP contribution is -2.43. The van der Waals surface area contributed by atoms with Gasteiger partial charge in [0, 0.05) is 18.9 Å². The zero-order valence-electron chi connectivity index (χ0n) is 10.7. The molecule has 0 bridgehead atoms. The van der Waals surface area contributed by atoms with Crippen molar-refractivity contribution in [3.63, 3.8) is 0 Å². The lowest BCUT2D eigenvalue weighted by molar-refractivity contribution is -0.150. The highest BCUT2D eigenvalue weighted by Gasteiger charge is 2.36. The predicted molar refractivity (Wildman–Crippen MR) is 66.9 cm³/mol. The highest BCUT2D eigenvalue weighted by Crippen LogP contribution is 2.31. The SMILES string of the molecule is CCOC(=O)[C@@H]1CNC(=O)C[C@@H]1c1ccc(F)cc1. The van der Waals surface area contributed by atoms with E-state index in [1.165, 1.54) is 12.1 Å². The molecule has 0 radical (unpaired) electrons. The number of hydrogen-bond donors (Lipinski definition) is 1. The summed E-state index contributed by atoms with van der Waals surface area (Å²) in [6, 6.07) is 5.91. The van der Waals surface area contributed by atoms with Gasteiger partial charge in [-0.3, -0.25) is 9.59 Å². The molecule has 102 valence electrons. The first-order valence-electron chi connectivity index (χ1n) is 6.30. The van der Waals surface area contributed by atoms with Gasteiger partial charge in [0.05, 0.1) is 12.5 Å². The molecule has 1 aliphatic rings. The van der Waals surface area contributed by atoms with E-state index in [4.69, 9.17) is 4.74 Å². The molecule has 1 heterocycles. The molecule has 1 amide bonds. The van der Waals surface area contributed by atoms with Crippen LogP contribution in [-0.4, -0.2) is 25.0 Å². The van der Waals surface area contributed by atoms with Crippen LogP contribution in [0.1, 0.15) is 24.8 Å². The van der Waals surface area contributed by atoms with Gasteiger partial charge in [-0.2, -0.15) is 0 Å². The summed E-state index contributed by atoms with van der Waals surface area (Å²) in [7, 11) is 0. The molecule has 0 unspecified atom stereocenters. The molecule has 5 heteroatoms. The van der Waals surface area contributed by atoms with Gasteiger partial charge in [-0.1, -0.05) is 12.1 Å². The van der Waals surface area contributed by atoms with Gasteiger partial charge < -0.3 is 10.1 Å². The lowest BCUT2D eigenvalue weighted by atomic mass is 9.81. The third kappa shape index (κ3) is 3.10. The van der Waals surface area contributed by atoms with E-state index in [9.17, 15) is 14.0 Å². The summed E-state index contributed by atoms with van der Waals surface area (Å²) in [4.78, 5) is 23.4. The van der Waals surface area contributed by atoms with Gasteiger partial charge in [-0.25, -0.2) is 4.39 Å². The maximum atomic E-state index is 12.9. The van der Waals surface area contributed by atoms with Crippen molar-refractivity contribution >= 4 is 11.9 Å². The molecule has 0 aliphatic carbocycles. The van der Waals surface area contributed by atoms with Crippen LogP contribution in [0.25, 0.3) is 0 Å². The minimum absolute atomic E-state index is 0.102. The third-order valence-corrected chi connectivity index (χ3v) is 3.30. The Morgan fingerprint density at radius 1 is 1.42 bits per heavy atom. The Balaban J connectivity index is 2.23. The van der Waals surface area contributed by atoms with Gasteiger partial charge in [0.2, 0.25) is 5.91 Å². The summed E-state index contributed by atoms with van der Waals surface area (Å²) in [6.07, 6.45) is 0.217. The van der Waals surface area contributed by atoms with Gasteiger partial charge >= 0.3 is 5.97 Å². The number of piperidine rings is 1. The molecule has 1 N–H and O–H groups in total. The zero-order valence-corrected chi connectivity index (χ0v) is 10.7. The summed E-state index contributed by atoms with van der Waals surface area (Å²) in [5, 5.41) is 2.67. The average molecular weight is 265 g/mol. The fraction of sp³-hybridized carbons (Fsp3) is 0.429. The molecule has 0 spiro atoms. The summed E-state index contributed by atoms with van der Waals surface area (Å²) in [5.74, 6) is -1.43. The van der Waals surface area contributed by atoms with Crippen LogP contribution >= 0.6 is 0 Å². The van der Waals surface area contributed by atoms with Crippen LogP contribution in [0.3, 0.4) is 0 Å². The first kappa shape index (κ1) is 13.5. The molecule has 2 atom stereocenters. The fourth-order valence-electron chi connectivity index (χ4n) is 2.34. The standard InChI is InChI=1S/C14H16FNO3/c1-2-19-14(18)12-8-16-13(17)7-11(12)9-3-5-10(15)6-4-9/h3-6,11-12H,2,7-8H2,1H3,(H,16,17)/t11-,12-/m1/s1. The molecule has 0 aromatic heterocycles. The molecule has 4 nitrogen and oxygen atoms in total. The smallest absolute Gasteiger partial charge is 0.311 e. The van der Waals surface area contributed by atoms with Crippen molar-refractivity contribution in [2.75, 3.05) is 13.2 Å². The Hall–Kier alpha value is -1.91. The van der Waals surface area contributed by atoms with Crippen LogP contribution in [0.4, 0.5) is 4.39 Å². The van der Waals surface area contributed by atoms with Crippen LogP contribution in [0.15, 0.2) is 24.3 Å². The number of hydrogen-bond acceptors (Lipinski definition) is 3. The van der Waals surface area contributed by atoms with Gasteiger partial charge in [0.15, 0.2) is 0 Å². The number of nitrogens with one attached hydrogen (secondary N) is 1. The first-order valence-corrected chi connectivity index (χ1v) is 6.30. The lowest BCUT2D eigenvalue weighted by Gasteiger charge is -2.30. The Bertz CT molecular complexity index is 472. The number of esters is 1. The van der Waals surface area contributed by atoms with E-state index >= 15 is 0 Å². The van der Waals surface area contributed by atoms with E-state index in [1.54, 1.807) is 19.1 Å². The number of carbonyl (C=O) groups excluding carboxylic acids is 2. The molecule has 1 aliphatic heterocycles. The normalized spacial score (nSPS) is 22.7. The zero-order chi connectivity index (χ0) is 13.8. The van der Waals surface area contributed by atoms with Crippen molar-refractivity contribution in [3.05, 3.63) is 35.6 Å². The molecular formula is C14H16FNO3. The maximum Gasteiger partial charge on any atom is 0.311 e. The maximum absolute atomic E-state index is 12.9. The second-order valence-electron chi connectivity index (χ2n) is 4.52. The van der Waals surface area contributed by atoms with Crippen molar-refractivity contribution in [3.8, 4) is 0 Å². The number of benzene rings is 1. The summed E-state index contributed by atoms with van der Waals surface area (Å²) >= 11 is 0. The highest BCUT2D eigenvalue weighted by molar-refractivity contribution is 5.83. The Kier molecular flexibility index (Phi) is 4.14. The Morgan fingerprint density at radius 3 is 2.74 bits per heavy atom. The number of ether oxygens (including phenoxy) is 1. The van der Waals surface area contributed by atoms with Crippen molar-refractivity contribution in [2.24, 2.45) is 5.92 Å². The minimum Gasteiger partial charge on any atom is -0.466 e. The number of rotatable bonds is 3. The van der Waals surface area contributed by atoms with E-state index in [1.807, 2.05) is 0 Å². The Labute approximate surface area is 110 Å². The van der Waals surface area contributed by atoms with Gasteiger partial charge in [-0.15, -0.1) is 0 Å². The molecule has 1 aromatic carbocycles. The van der Waals surface area contributed by atoms with E-state index < -0.39 is 5.92 Å². The van der Waals surface area contributed by atoms with E-state index in [-0.39, 0.29) is 36.6 Å². The summed E-state index contributed by atoms with van der Waals surface area (Å²) < 4.78 is 18.0. The topological polar surface area (TPSA) is 55.4 Å². The quantitative estimate of drug-likeness (QED) is 0.845. The molecule has 1 aromatic rings. The van der Waals surface area contributed by atoms with E-state index in [2.05, 4.69) is 5.32 Å². The van der Waals surface area contributed by atoms with Crippen LogP contribution in [0, 0.1) is 11.7 Å². The largest absolute Gasteiger partial charge is 0.466 e. The second-order valence-corrected chi connectivity index (χ2v) is 4.52. The second kappa shape index (κ2) is 5.82. The van der Waals surface area contributed by atoms with Gasteiger partial charge in [0.25, 0.3) is 0 Å². The van der Waals surface area contributed by atoms with Crippen molar-refractivity contribution < 1.29 is 18.7 Å². The minimum atomic E-state index is -0.414. The number of halogens is 1. The molecule has 1 saturated heterocycles. The van der Waals surface area contributed by atoms with Crippen LogP contribution in [-0.2, 0) is 14.3 Å². The van der Waals surface area contributed by atoms with Gasteiger partial charge in [-0.05, 0) is 24.6 Å². The first-order chi connectivity index (χ1) is 9.11. The average Bonchev–Trinajstić information content (AvgIpc) is 2.39. The fourth-order valence-corrected chi connectivity index (χ4v) is 2.34. The van der Waals surface area contributed by atoms with Gasteiger partial charge in [0.1, 0.15) is 5.82 Å². The molecule has 19 heavy (non-hydrogen) atoms. The number of carbonyl (C=O) groups is 2. The van der Waals surface area contributed by atoms with Crippen molar-refractivity contribution in [1.82, 2.24) is 5.32 Å². The monoisotopic (exact) mass is 265 g/mol. The van der Waals surface area contributed by atoms with Crippen LogP contribution in [0.5, 0.6) is 0 Å². The molecule has 2 rings (SSSR count). The van der Waals surface area contributed by atoms with Crippen LogP contribution < -0.4 is 5.32 Å². The van der Waals surface area contributed by atoms with E-state index in [0.29, 0.717) is 6.61 Å². The summed E-state index contributed by atoms with van der Waals surface area (Å²) in [5.41, 5.74) is 0.786. The van der Waals surface area contributed by atoms with Crippen LogP contribution in [0.2, 0.25) is 0 Å². The highest BCUT2D eigenvalue weighted by atomic mass is 19.1. The third-order valence-electron chi connectivity index (χ3n) is 3.30. The molecular weight excluding hydrogens is 249 g/mol. The molecule has 1 fully saturated rings. The summed E-state index contributed by atoms with van der Waals surface area (Å²) in [6.45, 7) is 2.31. The number of amides is 1. The Morgan fingerprint density at radius 2 is 2.11 bits per heavy atom. The predicted octanol–water partition coefficient (Wildman–Crippen LogP) is 1.61. The van der Waals surface area contributed by atoms with Crippen molar-refractivity contribution in [1.29, 1.82) is 0 Å². The molecule has 0 saturated carbocycles.